The number of carbonyl (C=O) groups is 1. The molecule has 102 valence electrons. The minimum absolute atomic E-state index is 0.0363. The van der Waals surface area contributed by atoms with Crippen molar-refractivity contribution in [3.05, 3.63) is 0 Å². The molecule has 2 aliphatic carbocycles. The van der Waals surface area contributed by atoms with E-state index in [0.29, 0.717) is 11.1 Å². The van der Waals surface area contributed by atoms with E-state index in [-0.39, 0.29) is 11.9 Å². The molecule has 5 heteroatoms. The lowest BCUT2D eigenvalue weighted by molar-refractivity contribution is -0.131. The molecule has 0 spiro atoms. The van der Waals surface area contributed by atoms with Crippen LogP contribution in [0.5, 0.6) is 0 Å². The van der Waals surface area contributed by atoms with Crippen LogP contribution >= 0.6 is 12.2 Å². The molecule has 0 unspecified atom stereocenters. The van der Waals surface area contributed by atoms with Gasteiger partial charge < -0.3 is 15.8 Å². The fourth-order valence-corrected chi connectivity index (χ4v) is 3.24. The minimum Gasteiger partial charge on any atom is -0.392 e. The summed E-state index contributed by atoms with van der Waals surface area (Å²) in [5, 5.41) is 3.09. The summed E-state index contributed by atoms with van der Waals surface area (Å²) in [6.45, 7) is 0. The van der Waals surface area contributed by atoms with Crippen LogP contribution in [0.2, 0.25) is 0 Å². The van der Waals surface area contributed by atoms with Crippen LogP contribution < -0.4 is 11.1 Å². The fraction of sp³-hybridized carbons (Fsp3) is 0.846. The molecule has 18 heavy (non-hydrogen) atoms. The van der Waals surface area contributed by atoms with Gasteiger partial charge in [-0.3, -0.25) is 4.79 Å². The van der Waals surface area contributed by atoms with Crippen molar-refractivity contribution in [3.63, 3.8) is 0 Å². The van der Waals surface area contributed by atoms with E-state index in [0.717, 1.165) is 38.5 Å². The highest BCUT2D eigenvalue weighted by atomic mass is 32.1. The first-order chi connectivity index (χ1) is 8.58. The van der Waals surface area contributed by atoms with Crippen LogP contribution in [-0.4, -0.2) is 30.2 Å². The third-order valence-electron chi connectivity index (χ3n) is 4.38. The van der Waals surface area contributed by atoms with Crippen molar-refractivity contribution in [3.8, 4) is 0 Å². The fourth-order valence-electron chi connectivity index (χ4n) is 2.94. The number of nitrogens with two attached hydrogens (primary N) is 1. The first-order valence-corrected chi connectivity index (χ1v) is 7.13. The number of rotatable bonds is 4. The Balaban J connectivity index is 1.94. The van der Waals surface area contributed by atoms with E-state index in [4.69, 9.17) is 22.7 Å². The Hall–Kier alpha value is -0.680. The van der Waals surface area contributed by atoms with Crippen molar-refractivity contribution < 1.29 is 9.53 Å². The lowest BCUT2D eigenvalue weighted by Gasteiger charge is -2.40. The molecule has 0 bridgehead atoms. The Morgan fingerprint density at radius 3 is 2.44 bits per heavy atom. The van der Waals surface area contributed by atoms with Gasteiger partial charge in [-0.15, -0.1) is 0 Å². The Labute approximate surface area is 114 Å². The van der Waals surface area contributed by atoms with Crippen LogP contribution in [0.25, 0.3) is 0 Å². The van der Waals surface area contributed by atoms with Crippen molar-refractivity contribution >= 4 is 23.1 Å². The molecule has 0 heterocycles. The second kappa shape index (κ2) is 5.53. The highest BCUT2D eigenvalue weighted by Gasteiger charge is 2.44. The number of hydrogen-bond donors (Lipinski definition) is 2. The lowest BCUT2D eigenvalue weighted by Crippen LogP contribution is -2.56. The molecule has 2 fully saturated rings. The standard InChI is InChI=1S/C13H22N2O2S/c1-17-10-7-9(8-10)15-12(16)13(11(14)18)5-3-2-4-6-13/h9-10H,2-8H2,1H3,(H2,14,18)(H,15,16). The van der Waals surface area contributed by atoms with E-state index in [1.165, 1.54) is 6.42 Å². The SMILES string of the molecule is COC1CC(NC(=O)C2(C(N)=S)CCCCC2)C1. The zero-order valence-electron chi connectivity index (χ0n) is 10.9. The average molecular weight is 270 g/mol. The molecule has 2 rings (SSSR count). The van der Waals surface area contributed by atoms with E-state index < -0.39 is 5.41 Å². The summed E-state index contributed by atoms with van der Waals surface area (Å²) >= 11 is 5.15. The van der Waals surface area contributed by atoms with Gasteiger partial charge in [0, 0.05) is 13.2 Å². The quantitative estimate of drug-likeness (QED) is 0.760. The number of carbonyl (C=O) groups excluding carboxylic acids is 1. The zero-order valence-corrected chi connectivity index (χ0v) is 11.7. The Kier molecular flexibility index (Phi) is 4.22. The van der Waals surface area contributed by atoms with E-state index >= 15 is 0 Å². The predicted octanol–water partition coefficient (Wildman–Crippen LogP) is 1.52. The molecule has 0 saturated heterocycles. The highest BCUT2D eigenvalue weighted by Crippen LogP contribution is 2.37. The highest BCUT2D eigenvalue weighted by molar-refractivity contribution is 7.80. The smallest absolute Gasteiger partial charge is 0.233 e. The van der Waals surface area contributed by atoms with Crippen molar-refractivity contribution in [1.29, 1.82) is 0 Å². The summed E-state index contributed by atoms with van der Waals surface area (Å²) in [5.41, 5.74) is 5.25. The number of hydrogen-bond acceptors (Lipinski definition) is 3. The molecule has 0 aromatic heterocycles. The molecule has 0 aromatic rings. The van der Waals surface area contributed by atoms with Gasteiger partial charge in [-0.05, 0) is 25.7 Å². The minimum atomic E-state index is -0.592. The van der Waals surface area contributed by atoms with E-state index in [1.54, 1.807) is 7.11 Å². The average Bonchev–Trinajstić information content (AvgIpc) is 2.33. The molecule has 0 radical (unpaired) electrons. The molecule has 0 atom stereocenters. The molecular weight excluding hydrogens is 248 g/mol. The van der Waals surface area contributed by atoms with Crippen molar-refractivity contribution in [2.45, 2.75) is 57.1 Å². The molecule has 0 aromatic carbocycles. The van der Waals surface area contributed by atoms with Crippen molar-refractivity contribution in [2.75, 3.05) is 7.11 Å². The van der Waals surface area contributed by atoms with Gasteiger partial charge in [0.15, 0.2) is 0 Å². The van der Waals surface area contributed by atoms with Crippen LogP contribution in [0.3, 0.4) is 0 Å². The lowest BCUT2D eigenvalue weighted by atomic mass is 9.72. The topological polar surface area (TPSA) is 64.3 Å². The first kappa shape index (κ1) is 13.7. The third-order valence-corrected chi connectivity index (χ3v) is 4.77. The van der Waals surface area contributed by atoms with E-state index in [2.05, 4.69) is 5.32 Å². The summed E-state index contributed by atoms with van der Waals surface area (Å²) in [6, 6.07) is 0.232. The number of amides is 1. The summed E-state index contributed by atoms with van der Waals surface area (Å²) in [4.78, 5) is 12.8. The summed E-state index contributed by atoms with van der Waals surface area (Å²) < 4.78 is 5.21. The predicted molar refractivity (Wildman–Crippen MR) is 74.3 cm³/mol. The van der Waals surface area contributed by atoms with E-state index in [9.17, 15) is 4.79 Å². The van der Waals surface area contributed by atoms with Crippen LogP contribution in [-0.2, 0) is 9.53 Å². The van der Waals surface area contributed by atoms with Crippen LogP contribution in [0, 0.1) is 5.41 Å². The summed E-state index contributed by atoms with van der Waals surface area (Å²) in [7, 11) is 1.71. The number of thiocarbonyl (C=S) groups is 1. The molecule has 0 aliphatic heterocycles. The van der Waals surface area contributed by atoms with Gasteiger partial charge in [-0.25, -0.2) is 0 Å². The van der Waals surface area contributed by atoms with E-state index in [1.807, 2.05) is 0 Å². The Morgan fingerprint density at radius 1 is 1.33 bits per heavy atom. The normalized spacial score (nSPS) is 30.3. The van der Waals surface area contributed by atoms with Gasteiger partial charge in [0.05, 0.1) is 16.5 Å². The molecule has 2 aliphatic rings. The maximum Gasteiger partial charge on any atom is 0.233 e. The second-order valence-corrected chi connectivity index (χ2v) is 5.95. The van der Waals surface area contributed by atoms with Gasteiger partial charge in [-0.2, -0.15) is 0 Å². The van der Waals surface area contributed by atoms with Gasteiger partial charge >= 0.3 is 0 Å². The van der Waals surface area contributed by atoms with Gasteiger partial charge in [0.2, 0.25) is 5.91 Å². The zero-order chi connectivity index (χ0) is 13.2. The molecule has 2 saturated carbocycles. The van der Waals surface area contributed by atoms with Crippen molar-refractivity contribution in [2.24, 2.45) is 11.1 Å². The van der Waals surface area contributed by atoms with Gasteiger partial charge in [0.25, 0.3) is 0 Å². The molecule has 1 amide bonds. The summed E-state index contributed by atoms with van der Waals surface area (Å²) in [6.07, 6.45) is 6.94. The Bertz CT molecular complexity index is 334. The number of nitrogens with one attached hydrogen (secondary N) is 1. The van der Waals surface area contributed by atoms with Crippen molar-refractivity contribution in [1.82, 2.24) is 5.32 Å². The van der Waals surface area contributed by atoms with Crippen LogP contribution in [0.4, 0.5) is 0 Å². The first-order valence-electron chi connectivity index (χ1n) is 6.72. The Morgan fingerprint density at radius 2 is 1.94 bits per heavy atom. The van der Waals surface area contributed by atoms with Gasteiger partial charge in [-0.1, -0.05) is 31.5 Å². The summed E-state index contributed by atoms with van der Waals surface area (Å²) in [5.74, 6) is 0.0363. The number of methoxy groups -OCH3 is 1. The molecule has 3 N–H and O–H groups in total. The maximum absolute atomic E-state index is 12.4. The number of ether oxygens (including phenoxy) is 1. The monoisotopic (exact) mass is 270 g/mol. The molecule has 4 nitrogen and oxygen atoms in total. The second-order valence-electron chi connectivity index (χ2n) is 5.51. The van der Waals surface area contributed by atoms with Crippen LogP contribution in [0.15, 0.2) is 0 Å². The largest absolute Gasteiger partial charge is 0.392 e. The third kappa shape index (κ3) is 2.52. The van der Waals surface area contributed by atoms with Gasteiger partial charge in [0.1, 0.15) is 0 Å². The molecular formula is C13H22N2O2S. The van der Waals surface area contributed by atoms with Crippen LogP contribution in [0.1, 0.15) is 44.9 Å². The maximum atomic E-state index is 12.4.